The number of nitrogens with zero attached hydrogens (tertiary/aromatic N) is 3. The molecule has 1 aliphatic rings. The van der Waals surface area contributed by atoms with Crippen LogP contribution in [0.2, 0.25) is 0 Å². The summed E-state index contributed by atoms with van der Waals surface area (Å²) in [7, 11) is -1.45. The molecule has 0 spiro atoms. The van der Waals surface area contributed by atoms with Crippen molar-refractivity contribution >= 4 is 43.2 Å². The minimum absolute atomic E-state index is 0.161. The number of benzene rings is 2. The van der Waals surface area contributed by atoms with E-state index in [9.17, 15) is 13.2 Å². The molecule has 0 saturated carbocycles. The molecule has 7 nitrogen and oxygen atoms in total. The van der Waals surface area contributed by atoms with Crippen molar-refractivity contribution in [2.24, 2.45) is 12.1 Å². The largest absolute Gasteiger partial charge is 0.318 e. The monoisotopic (exact) mass is 416 g/mol. The average molecular weight is 417 g/mol. The van der Waals surface area contributed by atoms with Crippen LogP contribution in [0.25, 0.3) is 10.2 Å². The molecule has 9 heteroatoms. The second-order valence-corrected chi connectivity index (χ2v) is 9.79. The standard InChI is InChI=1S/C19H20N4O3S2/c1-12-10-14-11-13(8-9-15(14)23(12)28(3,25)26)18(24)20-21-19-22(2)16-6-4-5-7-17(16)27-19/h4-9,11-12H,10H2,1-3H3,(H,20,24)/b21-19+. The molecule has 4 rings (SSSR count). The molecule has 1 aromatic heterocycles. The van der Waals surface area contributed by atoms with Crippen molar-refractivity contribution in [1.29, 1.82) is 0 Å². The fourth-order valence-electron chi connectivity index (χ4n) is 3.60. The van der Waals surface area contributed by atoms with Gasteiger partial charge in [0, 0.05) is 18.7 Å². The first-order valence-electron chi connectivity index (χ1n) is 8.76. The van der Waals surface area contributed by atoms with Gasteiger partial charge in [-0.1, -0.05) is 23.5 Å². The molecule has 2 heterocycles. The molecule has 1 unspecified atom stereocenters. The highest BCUT2D eigenvalue weighted by molar-refractivity contribution is 7.92. The fourth-order valence-corrected chi connectivity index (χ4v) is 5.84. The van der Waals surface area contributed by atoms with E-state index in [1.165, 1.54) is 21.9 Å². The number of anilines is 1. The highest BCUT2D eigenvalue weighted by Gasteiger charge is 2.32. The number of carbonyl (C=O) groups excluding carboxylic acids is 1. The Labute approximate surface area is 167 Å². The molecular weight excluding hydrogens is 396 g/mol. The van der Waals surface area contributed by atoms with E-state index < -0.39 is 10.0 Å². The van der Waals surface area contributed by atoms with Crippen LogP contribution in [0.5, 0.6) is 0 Å². The molecule has 1 N–H and O–H groups in total. The molecular formula is C19H20N4O3S2. The molecule has 2 aromatic carbocycles. The van der Waals surface area contributed by atoms with Crippen molar-refractivity contribution in [1.82, 2.24) is 9.99 Å². The lowest BCUT2D eigenvalue weighted by molar-refractivity contribution is 0.0953. The lowest BCUT2D eigenvalue weighted by Gasteiger charge is -2.21. The number of hydrogen-bond donors (Lipinski definition) is 1. The van der Waals surface area contributed by atoms with E-state index in [0.717, 1.165) is 15.8 Å². The third-order valence-corrected chi connectivity index (χ3v) is 7.20. The number of thiazole rings is 1. The van der Waals surface area contributed by atoms with E-state index in [-0.39, 0.29) is 11.9 Å². The normalized spacial score (nSPS) is 17.2. The van der Waals surface area contributed by atoms with E-state index in [4.69, 9.17) is 0 Å². The van der Waals surface area contributed by atoms with Gasteiger partial charge in [0.25, 0.3) is 5.91 Å². The molecule has 0 radical (unpaired) electrons. The van der Waals surface area contributed by atoms with Gasteiger partial charge < -0.3 is 4.57 Å². The zero-order valence-corrected chi connectivity index (χ0v) is 17.3. The molecule has 1 atom stereocenters. The van der Waals surface area contributed by atoms with Crippen LogP contribution in [0.15, 0.2) is 47.6 Å². The van der Waals surface area contributed by atoms with E-state index in [1.54, 1.807) is 18.2 Å². The number of sulfonamides is 1. The fraction of sp³-hybridized carbons (Fsp3) is 0.263. The summed E-state index contributed by atoms with van der Waals surface area (Å²) in [5, 5.41) is 4.26. The maximum Gasteiger partial charge on any atom is 0.271 e. The van der Waals surface area contributed by atoms with E-state index >= 15 is 0 Å². The zero-order valence-electron chi connectivity index (χ0n) is 15.7. The second kappa shape index (κ2) is 6.75. The maximum atomic E-state index is 12.6. The minimum atomic E-state index is -3.35. The molecule has 0 saturated heterocycles. The van der Waals surface area contributed by atoms with Crippen molar-refractivity contribution in [3.05, 3.63) is 58.4 Å². The number of amides is 1. The Kier molecular flexibility index (Phi) is 4.51. The van der Waals surface area contributed by atoms with Crippen LogP contribution in [0.3, 0.4) is 0 Å². The van der Waals surface area contributed by atoms with Gasteiger partial charge in [-0.05, 0) is 49.2 Å². The number of para-hydroxylation sites is 1. The Morgan fingerprint density at radius 1 is 1.25 bits per heavy atom. The predicted molar refractivity (Wildman–Crippen MR) is 111 cm³/mol. The molecule has 0 bridgehead atoms. The number of fused-ring (bicyclic) bond motifs is 2. The molecule has 28 heavy (non-hydrogen) atoms. The van der Waals surface area contributed by atoms with E-state index in [0.29, 0.717) is 22.5 Å². The second-order valence-electron chi connectivity index (χ2n) is 6.92. The number of aromatic nitrogens is 1. The first-order chi connectivity index (χ1) is 13.3. The summed E-state index contributed by atoms with van der Waals surface area (Å²) in [4.78, 5) is 13.3. The van der Waals surface area contributed by atoms with E-state index in [1.807, 2.05) is 42.8 Å². The smallest absolute Gasteiger partial charge is 0.271 e. The van der Waals surface area contributed by atoms with Crippen LogP contribution < -0.4 is 14.5 Å². The highest BCUT2D eigenvalue weighted by atomic mass is 32.2. The number of aryl methyl sites for hydroxylation is 1. The topological polar surface area (TPSA) is 83.8 Å². The summed E-state index contributed by atoms with van der Waals surface area (Å²) in [6.07, 6.45) is 1.77. The third kappa shape index (κ3) is 3.20. The van der Waals surface area contributed by atoms with E-state index in [2.05, 4.69) is 10.5 Å². The van der Waals surface area contributed by atoms with Gasteiger partial charge in [-0.15, -0.1) is 5.10 Å². The Morgan fingerprint density at radius 2 is 2.00 bits per heavy atom. The Morgan fingerprint density at radius 3 is 2.71 bits per heavy atom. The maximum absolute atomic E-state index is 12.6. The number of rotatable bonds is 3. The Balaban J connectivity index is 1.61. The zero-order chi connectivity index (χ0) is 20.1. The third-order valence-electron chi connectivity index (χ3n) is 4.82. The van der Waals surface area contributed by atoms with Crippen molar-refractivity contribution in [2.75, 3.05) is 10.6 Å². The molecule has 1 amide bonds. The van der Waals surface area contributed by atoms with Gasteiger partial charge in [0.05, 0.1) is 22.2 Å². The lowest BCUT2D eigenvalue weighted by atomic mass is 10.1. The summed E-state index contributed by atoms with van der Waals surface area (Å²) in [6, 6.07) is 12.8. The van der Waals surface area contributed by atoms with Gasteiger partial charge in [-0.2, -0.15) is 0 Å². The van der Waals surface area contributed by atoms with Crippen LogP contribution in [0, 0.1) is 0 Å². The lowest BCUT2D eigenvalue weighted by Crippen LogP contribution is -2.34. The van der Waals surface area contributed by atoms with Crippen molar-refractivity contribution in [3.63, 3.8) is 0 Å². The molecule has 0 aliphatic carbocycles. The number of nitrogens with one attached hydrogen (secondary N) is 1. The SMILES string of the molecule is CC1Cc2cc(C(=O)N/N=c3/sc4ccccc4n3C)ccc2N1S(C)(=O)=O. The number of carbonyl (C=O) groups is 1. The van der Waals surface area contributed by atoms with Gasteiger partial charge in [0.2, 0.25) is 14.8 Å². The molecule has 146 valence electrons. The van der Waals surface area contributed by atoms with Gasteiger partial charge in [-0.3, -0.25) is 9.10 Å². The van der Waals surface area contributed by atoms with Crippen LogP contribution in [0.4, 0.5) is 5.69 Å². The molecule has 3 aromatic rings. The van der Waals surface area contributed by atoms with Gasteiger partial charge in [0.15, 0.2) is 0 Å². The highest BCUT2D eigenvalue weighted by Crippen LogP contribution is 2.34. The molecule has 1 aliphatic heterocycles. The Bertz CT molecular complexity index is 1260. The van der Waals surface area contributed by atoms with Crippen LogP contribution >= 0.6 is 11.3 Å². The van der Waals surface area contributed by atoms with Crippen LogP contribution in [-0.4, -0.2) is 31.2 Å². The number of hydrogen-bond acceptors (Lipinski definition) is 5. The quantitative estimate of drug-likeness (QED) is 0.665. The van der Waals surface area contributed by atoms with Gasteiger partial charge in [-0.25, -0.2) is 13.8 Å². The van der Waals surface area contributed by atoms with Crippen molar-refractivity contribution < 1.29 is 13.2 Å². The van der Waals surface area contributed by atoms with Gasteiger partial charge >= 0.3 is 0 Å². The summed E-state index contributed by atoms with van der Waals surface area (Å²) in [6.45, 7) is 1.86. The van der Waals surface area contributed by atoms with Crippen molar-refractivity contribution in [2.45, 2.75) is 19.4 Å². The summed E-state index contributed by atoms with van der Waals surface area (Å²) in [5.74, 6) is -0.328. The first kappa shape index (κ1) is 18.7. The Hall–Kier alpha value is -2.65. The molecule has 0 fully saturated rings. The summed E-state index contributed by atoms with van der Waals surface area (Å²) < 4.78 is 28.5. The predicted octanol–water partition coefficient (Wildman–Crippen LogP) is 2.20. The van der Waals surface area contributed by atoms with Crippen LogP contribution in [0.1, 0.15) is 22.8 Å². The summed E-state index contributed by atoms with van der Waals surface area (Å²) in [5.41, 5.74) is 5.59. The summed E-state index contributed by atoms with van der Waals surface area (Å²) >= 11 is 1.49. The first-order valence-corrected chi connectivity index (χ1v) is 11.4. The van der Waals surface area contributed by atoms with Gasteiger partial charge in [0.1, 0.15) is 0 Å². The van der Waals surface area contributed by atoms with Crippen molar-refractivity contribution in [3.8, 4) is 0 Å². The van der Waals surface area contributed by atoms with Crippen LogP contribution in [-0.2, 0) is 23.5 Å². The minimum Gasteiger partial charge on any atom is -0.318 e. The average Bonchev–Trinajstić information content (AvgIpc) is 3.15.